The summed E-state index contributed by atoms with van der Waals surface area (Å²) in [5.74, 6) is -0.172. The Morgan fingerprint density at radius 3 is 2.60 bits per heavy atom. The van der Waals surface area contributed by atoms with E-state index in [1.807, 2.05) is 17.5 Å². The smallest absolute Gasteiger partial charge is 0.254 e. The molecule has 35 heavy (non-hydrogen) atoms. The normalized spacial score (nSPS) is 15.1. The van der Waals surface area contributed by atoms with Gasteiger partial charge in [0.25, 0.3) is 5.91 Å². The molecule has 8 heteroatoms. The Kier molecular flexibility index (Phi) is 8.50. The van der Waals surface area contributed by atoms with Crippen LogP contribution >= 0.6 is 11.3 Å². The van der Waals surface area contributed by atoms with E-state index in [0.717, 1.165) is 23.3 Å². The van der Waals surface area contributed by atoms with Crippen LogP contribution in [-0.4, -0.2) is 54.5 Å². The van der Waals surface area contributed by atoms with Crippen molar-refractivity contribution in [1.82, 2.24) is 9.80 Å². The molecule has 184 valence electrons. The maximum Gasteiger partial charge on any atom is 0.254 e. The third-order valence-electron chi connectivity index (χ3n) is 5.94. The van der Waals surface area contributed by atoms with Crippen LogP contribution in [0.25, 0.3) is 0 Å². The van der Waals surface area contributed by atoms with Crippen molar-refractivity contribution in [1.29, 1.82) is 0 Å². The minimum absolute atomic E-state index is 0.0809. The number of halogens is 1. The molecule has 1 fully saturated rings. The zero-order valence-electron chi connectivity index (χ0n) is 19.7. The first-order valence-electron chi connectivity index (χ1n) is 11.6. The lowest BCUT2D eigenvalue weighted by atomic mass is 10.1. The lowest BCUT2D eigenvalue weighted by molar-refractivity contribution is -0.133. The minimum Gasteiger partial charge on any atom is -0.497 e. The number of carbonyl (C=O) groups is 2. The van der Waals surface area contributed by atoms with Gasteiger partial charge >= 0.3 is 0 Å². The maximum absolute atomic E-state index is 13.6. The number of benzene rings is 2. The molecule has 1 aliphatic heterocycles. The lowest BCUT2D eigenvalue weighted by Gasteiger charge is -2.29. The molecule has 4 rings (SSSR count). The van der Waals surface area contributed by atoms with Crippen LogP contribution < -0.4 is 4.74 Å². The summed E-state index contributed by atoms with van der Waals surface area (Å²) in [5, 5.41) is 1.96. The monoisotopic (exact) mass is 496 g/mol. The molecule has 2 heterocycles. The van der Waals surface area contributed by atoms with Crippen LogP contribution in [0.2, 0.25) is 0 Å². The standard InChI is InChI=1S/C27H29FN2O4S/c1-33-23-6-2-5-21(15-23)27(32)30(17-24-7-3-13-34-24)19-26(31)29(18-25-8-4-14-35-25)16-20-9-11-22(28)12-10-20/h2,4-6,8-12,14-15,24H,3,7,13,16-19H2,1H3. The Morgan fingerprint density at radius 1 is 1.09 bits per heavy atom. The molecule has 1 atom stereocenters. The van der Waals surface area contributed by atoms with Crippen molar-refractivity contribution in [2.75, 3.05) is 26.8 Å². The average molecular weight is 497 g/mol. The van der Waals surface area contributed by atoms with Gasteiger partial charge in [0.2, 0.25) is 5.91 Å². The molecule has 2 aromatic carbocycles. The minimum atomic E-state index is -0.323. The Bertz CT molecular complexity index is 1110. The summed E-state index contributed by atoms with van der Waals surface area (Å²) in [6, 6.07) is 17.0. The van der Waals surface area contributed by atoms with Gasteiger partial charge in [-0.05, 0) is 60.2 Å². The number of methoxy groups -OCH3 is 1. The van der Waals surface area contributed by atoms with Gasteiger partial charge in [-0.15, -0.1) is 11.3 Å². The second-order valence-electron chi connectivity index (χ2n) is 8.51. The highest BCUT2D eigenvalue weighted by Crippen LogP contribution is 2.20. The summed E-state index contributed by atoms with van der Waals surface area (Å²) in [6.45, 7) is 1.65. The van der Waals surface area contributed by atoms with E-state index in [1.165, 1.54) is 12.1 Å². The van der Waals surface area contributed by atoms with E-state index in [-0.39, 0.29) is 30.3 Å². The van der Waals surface area contributed by atoms with Gasteiger partial charge in [0.05, 0.1) is 19.8 Å². The quantitative estimate of drug-likeness (QED) is 0.407. The molecule has 0 N–H and O–H groups in total. The van der Waals surface area contributed by atoms with Crippen molar-refractivity contribution in [3.8, 4) is 5.75 Å². The van der Waals surface area contributed by atoms with Crippen molar-refractivity contribution < 1.29 is 23.5 Å². The zero-order valence-corrected chi connectivity index (χ0v) is 20.5. The molecule has 2 amide bonds. The summed E-state index contributed by atoms with van der Waals surface area (Å²) in [6.07, 6.45) is 1.69. The van der Waals surface area contributed by atoms with Gasteiger partial charge in [-0.3, -0.25) is 9.59 Å². The SMILES string of the molecule is COc1cccc(C(=O)N(CC(=O)N(Cc2ccc(F)cc2)Cc2cccs2)CC2CCCO2)c1. The second-order valence-corrected chi connectivity index (χ2v) is 9.54. The average Bonchev–Trinajstić information content (AvgIpc) is 3.58. The third-order valence-corrected chi connectivity index (χ3v) is 6.81. The number of carbonyl (C=O) groups excluding carboxylic acids is 2. The summed E-state index contributed by atoms with van der Waals surface area (Å²) < 4.78 is 24.5. The van der Waals surface area contributed by atoms with Crippen LogP contribution in [0.4, 0.5) is 4.39 Å². The van der Waals surface area contributed by atoms with Crippen LogP contribution in [-0.2, 0) is 22.6 Å². The Hall–Kier alpha value is -3.23. The molecule has 1 unspecified atom stereocenters. The predicted octanol–water partition coefficient (Wildman–Crippen LogP) is 4.75. The molecule has 0 aliphatic carbocycles. The second kappa shape index (κ2) is 12.0. The highest BCUT2D eigenvalue weighted by Gasteiger charge is 2.27. The Labute approximate surface area is 208 Å². The van der Waals surface area contributed by atoms with E-state index in [0.29, 0.717) is 37.6 Å². The molecular formula is C27H29FN2O4S. The summed E-state index contributed by atoms with van der Waals surface area (Å²) in [4.78, 5) is 31.4. The van der Waals surface area contributed by atoms with Gasteiger partial charge in [0.15, 0.2) is 0 Å². The van der Waals surface area contributed by atoms with E-state index in [4.69, 9.17) is 9.47 Å². The number of rotatable bonds is 10. The molecule has 6 nitrogen and oxygen atoms in total. The van der Waals surface area contributed by atoms with Gasteiger partial charge in [-0.25, -0.2) is 4.39 Å². The molecule has 0 saturated carbocycles. The largest absolute Gasteiger partial charge is 0.497 e. The molecule has 3 aromatic rings. The first-order chi connectivity index (χ1) is 17.0. The first kappa shape index (κ1) is 24.9. The van der Waals surface area contributed by atoms with Gasteiger partial charge in [-0.2, -0.15) is 0 Å². The number of amides is 2. The van der Waals surface area contributed by atoms with Crippen molar-refractivity contribution in [3.05, 3.63) is 87.9 Å². The predicted molar refractivity (Wildman–Crippen MR) is 133 cm³/mol. The van der Waals surface area contributed by atoms with Crippen molar-refractivity contribution in [3.63, 3.8) is 0 Å². The Morgan fingerprint density at radius 2 is 1.91 bits per heavy atom. The van der Waals surface area contributed by atoms with Crippen LogP contribution in [0.15, 0.2) is 66.0 Å². The zero-order chi connectivity index (χ0) is 24.6. The molecule has 1 aromatic heterocycles. The third kappa shape index (κ3) is 6.90. The lowest BCUT2D eigenvalue weighted by Crippen LogP contribution is -2.45. The Balaban J connectivity index is 1.55. The van der Waals surface area contributed by atoms with E-state index < -0.39 is 0 Å². The van der Waals surface area contributed by atoms with Crippen LogP contribution in [0.5, 0.6) is 5.75 Å². The fourth-order valence-corrected chi connectivity index (χ4v) is 4.81. The maximum atomic E-state index is 13.6. The highest BCUT2D eigenvalue weighted by atomic mass is 32.1. The summed E-state index contributed by atoms with van der Waals surface area (Å²) in [7, 11) is 1.55. The fraction of sp³-hybridized carbons (Fsp3) is 0.333. The fourth-order valence-electron chi connectivity index (χ4n) is 4.09. The first-order valence-corrected chi connectivity index (χ1v) is 12.5. The number of nitrogens with zero attached hydrogens (tertiary/aromatic N) is 2. The molecule has 0 bridgehead atoms. The van der Waals surface area contributed by atoms with Gasteiger partial charge in [-0.1, -0.05) is 24.3 Å². The number of hydrogen-bond donors (Lipinski definition) is 0. The van der Waals surface area contributed by atoms with Crippen LogP contribution in [0.3, 0.4) is 0 Å². The van der Waals surface area contributed by atoms with Crippen LogP contribution in [0, 0.1) is 5.82 Å². The topological polar surface area (TPSA) is 59.1 Å². The van der Waals surface area contributed by atoms with E-state index in [1.54, 1.807) is 64.6 Å². The number of thiophene rings is 1. The number of hydrogen-bond acceptors (Lipinski definition) is 5. The number of ether oxygens (including phenoxy) is 2. The highest BCUT2D eigenvalue weighted by molar-refractivity contribution is 7.09. The molecule has 0 spiro atoms. The van der Waals surface area contributed by atoms with Crippen molar-refractivity contribution >= 4 is 23.2 Å². The van der Waals surface area contributed by atoms with E-state index in [9.17, 15) is 14.0 Å². The summed E-state index contributed by atoms with van der Waals surface area (Å²) >= 11 is 1.57. The van der Waals surface area contributed by atoms with Gasteiger partial charge < -0.3 is 19.3 Å². The van der Waals surface area contributed by atoms with Gasteiger partial charge in [0, 0.05) is 30.1 Å². The molecule has 1 aliphatic rings. The van der Waals surface area contributed by atoms with Crippen LogP contribution in [0.1, 0.15) is 33.6 Å². The van der Waals surface area contributed by atoms with Crippen molar-refractivity contribution in [2.45, 2.75) is 32.0 Å². The van der Waals surface area contributed by atoms with Gasteiger partial charge in [0.1, 0.15) is 18.1 Å². The molecular weight excluding hydrogens is 467 g/mol. The summed E-state index contributed by atoms with van der Waals surface area (Å²) in [5.41, 5.74) is 1.28. The van der Waals surface area contributed by atoms with Crippen molar-refractivity contribution in [2.24, 2.45) is 0 Å². The van der Waals surface area contributed by atoms with E-state index in [2.05, 4.69) is 0 Å². The van der Waals surface area contributed by atoms with E-state index >= 15 is 0 Å². The molecule has 0 radical (unpaired) electrons. The molecule has 1 saturated heterocycles.